The highest BCUT2D eigenvalue weighted by molar-refractivity contribution is 6.30. The first-order valence-corrected chi connectivity index (χ1v) is 9.13. The van der Waals surface area contributed by atoms with Crippen LogP contribution in [0.1, 0.15) is 41.0 Å². The molecule has 0 aliphatic rings. The van der Waals surface area contributed by atoms with E-state index < -0.39 is 0 Å². The van der Waals surface area contributed by atoms with Crippen LogP contribution in [0.2, 0.25) is 5.02 Å². The minimum absolute atomic E-state index is 0.187. The fourth-order valence-corrected chi connectivity index (χ4v) is 3.02. The van der Waals surface area contributed by atoms with Crippen LogP contribution in [-0.2, 0) is 6.54 Å². The van der Waals surface area contributed by atoms with Crippen molar-refractivity contribution in [3.63, 3.8) is 0 Å². The van der Waals surface area contributed by atoms with E-state index in [4.69, 9.17) is 11.6 Å². The molecule has 3 rings (SSSR count). The predicted octanol–water partition coefficient (Wildman–Crippen LogP) is 3.83. The SMILES string of the molecule is CCC(NC(=O)c1ccc(=O)n(Cc2ccccc2)n1)c1cccc(Cl)c1. The lowest BCUT2D eigenvalue weighted by atomic mass is 10.0. The number of aromatic nitrogens is 2. The third-order valence-corrected chi connectivity index (χ3v) is 4.47. The zero-order valence-electron chi connectivity index (χ0n) is 14.9. The molecule has 1 heterocycles. The van der Waals surface area contributed by atoms with Gasteiger partial charge in [-0.2, -0.15) is 5.10 Å². The zero-order valence-corrected chi connectivity index (χ0v) is 15.7. The van der Waals surface area contributed by atoms with Gasteiger partial charge in [-0.25, -0.2) is 4.68 Å². The van der Waals surface area contributed by atoms with Crippen LogP contribution in [0.25, 0.3) is 0 Å². The molecular weight excluding hydrogens is 362 g/mol. The van der Waals surface area contributed by atoms with Gasteiger partial charge in [0.2, 0.25) is 0 Å². The molecule has 0 spiro atoms. The molecule has 0 fully saturated rings. The van der Waals surface area contributed by atoms with E-state index >= 15 is 0 Å². The van der Waals surface area contributed by atoms with Crippen molar-refractivity contribution in [2.45, 2.75) is 25.9 Å². The first-order valence-electron chi connectivity index (χ1n) is 8.75. The van der Waals surface area contributed by atoms with E-state index in [1.165, 1.54) is 16.8 Å². The van der Waals surface area contributed by atoms with Crippen molar-refractivity contribution in [2.24, 2.45) is 0 Å². The van der Waals surface area contributed by atoms with Crippen LogP contribution in [0.15, 0.2) is 71.5 Å². The molecular formula is C21H20ClN3O2. The zero-order chi connectivity index (χ0) is 19.2. The number of benzene rings is 2. The smallest absolute Gasteiger partial charge is 0.272 e. The molecule has 0 radical (unpaired) electrons. The van der Waals surface area contributed by atoms with Crippen LogP contribution in [0.3, 0.4) is 0 Å². The third-order valence-electron chi connectivity index (χ3n) is 4.24. The molecule has 138 valence electrons. The number of carbonyl (C=O) groups excluding carboxylic acids is 1. The van der Waals surface area contributed by atoms with Gasteiger partial charge in [0.05, 0.1) is 12.6 Å². The topological polar surface area (TPSA) is 64.0 Å². The maximum absolute atomic E-state index is 12.7. The normalized spacial score (nSPS) is 11.8. The Hall–Kier alpha value is -2.92. The lowest BCUT2D eigenvalue weighted by Gasteiger charge is -2.17. The van der Waals surface area contributed by atoms with Gasteiger partial charge in [0.15, 0.2) is 0 Å². The Kier molecular flexibility index (Phi) is 6.04. The lowest BCUT2D eigenvalue weighted by Crippen LogP contribution is -2.32. The standard InChI is InChI=1S/C21H20ClN3O2/c1-2-18(16-9-6-10-17(22)13-16)23-21(27)19-11-12-20(26)25(24-19)14-15-7-4-3-5-8-15/h3-13,18H,2,14H2,1H3,(H,23,27). The molecule has 0 aliphatic carbocycles. The van der Waals surface area contributed by atoms with E-state index in [0.717, 1.165) is 11.1 Å². The maximum Gasteiger partial charge on any atom is 0.272 e. The fraction of sp³-hybridized carbons (Fsp3) is 0.190. The number of hydrogen-bond acceptors (Lipinski definition) is 3. The van der Waals surface area contributed by atoms with Crippen molar-refractivity contribution < 1.29 is 4.79 Å². The Bertz CT molecular complexity index is 986. The van der Waals surface area contributed by atoms with Gasteiger partial charge in [-0.05, 0) is 35.7 Å². The molecule has 5 nitrogen and oxygen atoms in total. The van der Waals surface area contributed by atoms with Gasteiger partial charge < -0.3 is 5.32 Å². The molecule has 27 heavy (non-hydrogen) atoms. The molecule has 2 aromatic carbocycles. The number of carbonyl (C=O) groups is 1. The second-order valence-corrected chi connectivity index (χ2v) is 6.63. The molecule has 0 bridgehead atoms. The van der Waals surface area contributed by atoms with Crippen LogP contribution >= 0.6 is 11.6 Å². The van der Waals surface area contributed by atoms with Gasteiger partial charge in [-0.1, -0.05) is 61.0 Å². The molecule has 1 aromatic heterocycles. The Labute approximate surface area is 162 Å². The molecule has 0 saturated heterocycles. The monoisotopic (exact) mass is 381 g/mol. The van der Waals surface area contributed by atoms with Gasteiger partial charge in [-0.15, -0.1) is 0 Å². The van der Waals surface area contributed by atoms with E-state index in [-0.39, 0.29) is 23.2 Å². The van der Waals surface area contributed by atoms with Crippen molar-refractivity contribution in [3.8, 4) is 0 Å². The number of nitrogens with zero attached hydrogens (tertiary/aromatic N) is 2. The van der Waals surface area contributed by atoms with E-state index in [1.807, 2.05) is 55.5 Å². The number of amides is 1. The van der Waals surface area contributed by atoms with E-state index in [1.54, 1.807) is 6.07 Å². The Morgan fingerprint density at radius 1 is 1.11 bits per heavy atom. The largest absolute Gasteiger partial charge is 0.344 e. The molecule has 3 aromatic rings. The number of hydrogen-bond donors (Lipinski definition) is 1. The highest BCUT2D eigenvalue weighted by Crippen LogP contribution is 2.20. The molecule has 1 atom stereocenters. The Balaban J connectivity index is 1.80. The maximum atomic E-state index is 12.7. The van der Waals surface area contributed by atoms with Crippen molar-refractivity contribution in [1.29, 1.82) is 0 Å². The summed E-state index contributed by atoms with van der Waals surface area (Å²) in [6, 6.07) is 19.5. The summed E-state index contributed by atoms with van der Waals surface area (Å²) in [5.74, 6) is -0.330. The molecule has 0 aliphatic heterocycles. The van der Waals surface area contributed by atoms with Crippen molar-refractivity contribution >= 4 is 17.5 Å². The van der Waals surface area contributed by atoms with Gasteiger partial charge in [0, 0.05) is 11.1 Å². The Morgan fingerprint density at radius 2 is 1.89 bits per heavy atom. The third kappa shape index (κ3) is 4.83. The lowest BCUT2D eigenvalue weighted by molar-refractivity contribution is 0.0928. The van der Waals surface area contributed by atoms with Gasteiger partial charge in [0.25, 0.3) is 11.5 Å². The molecule has 1 N–H and O–H groups in total. The predicted molar refractivity (Wildman–Crippen MR) is 106 cm³/mol. The summed E-state index contributed by atoms with van der Waals surface area (Å²) in [6.07, 6.45) is 0.704. The van der Waals surface area contributed by atoms with E-state index in [2.05, 4.69) is 10.4 Å². The summed E-state index contributed by atoms with van der Waals surface area (Å²) in [5.41, 5.74) is 1.81. The summed E-state index contributed by atoms with van der Waals surface area (Å²) in [4.78, 5) is 24.8. The van der Waals surface area contributed by atoms with Gasteiger partial charge >= 0.3 is 0 Å². The van der Waals surface area contributed by atoms with E-state index in [9.17, 15) is 9.59 Å². The average molecular weight is 382 g/mol. The van der Waals surface area contributed by atoms with Gasteiger partial charge in [0.1, 0.15) is 5.69 Å². The van der Waals surface area contributed by atoms with Crippen LogP contribution in [0.4, 0.5) is 0 Å². The van der Waals surface area contributed by atoms with Crippen molar-refractivity contribution in [3.05, 3.63) is 98.9 Å². The number of halogens is 1. The summed E-state index contributed by atoms with van der Waals surface area (Å²) in [7, 11) is 0. The second-order valence-electron chi connectivity index (χ2n) is 6.19. The van der Waals surface area contributed by atoms with Crippen LogP contribution in [0, 0.1) is 0 Å². The van der Waals surface area contributed by atoms with Gasteiger partial charge in [-0.3, -0.25) is 9.59 Å². The molecule has 0 saturated carbocycles. The number of rotatable bonds is 6. The molecule has 1 unspecified atom stereocenters. The molecule has 1 amide bonds. The highest BCUT2D eigenvalue weighted by atomic mass is 35.5. The molecule has 6 heteroatoms. The summed E-state index contributed by atoms with van der Waals surface area (Å²) >= 11 is 6.05. The minimum Gasteiger partial charge on any atom is -0.344 e. The minimum atomic E-state index is -0.330. The summed E-state index contributed by atoms with van der Waals surface area (Å²) in [6.45, 7) is 2.29. The van der Waals surface area contributed by atoms with Crippen LogP contribution < -0.4 is 10.9 Å². The quantitative estimate of drug-likeness (QED) is 0.705. The van der Waals surface area contributed by atoms with Crippen LogP contribution in [-0.4, -0.2) is 15.7 Å². The fourth-order valence-electron chi connectivity index (χ4n) is 2.82. The summed E-state index contributed by atoms with van der Waals surface area (Å²) in [5, 5.41) is 7.81. The van der Waals surface area contributed by atoms with Crippen molar-refractivity contribution in [1.82, 2.24) is 15.1 Å². The first kappa shape index (κ1) is 18.9. The number of nitrogens with one attached hydrogen (secondary N) is 1. The first-order chi connectivity index (χ1) is 13.1. The summed E-state index contributed by atoms with van der Waals surface area (Å²) < 4.78 is 1.30. The second kappa shape index (κ2) is 8.64. The highest BCUT2D eigenvalue weighted by Gasteiger charge is 2.16. The average Bonchev–Trinajstić information content (AvgIpc) is 2.68. The van der Waals surface area contributed by atoms with E-state index in [0.29, 0.717) is 18.0 Å². The van der Waals surface area contributed by atoms with Crippen molar-refractivity contribution in [2.75, 3.05) is 0 Å². The Morgan fingerprint density at radius 3 is 2.59 bits per heavy atom. The van der Waals surface area contributed by atoms with Crippen LogP contribution in [0.5, 0.6) is 0 Å².